The molecule has 0 unspecified atom stereocenters. The summed E-state index contributed by atoms with van der Waals surface area (Å²) in [5.41, 5.74) is 0.854. The van der Waals surface area contributed by atoms with Crippen molar-refractivity contribution in [3.63, 3.8) is 0 Å². The molecule has 0 saturated heterocycles. The molecule has 0 saturated carbocycles. The van der Waals surface area contributed by atoms with Crippen molar-refractivity contribution >= 4 is 17.7 Å². The van der Waals surface area contributed by atoms with Crippen LogP contribution in [0.2, 0.25) is 0 Å². The van der Waals surface area contributed by atoms with E-state index in [1.165, 1.54) is 23.9 Å². The first-order valence-electron chi connectivity index (χ1n) is 5.92. The van der Waals surface area contributed by atoms with Gasteiger partial charge in [-0.15, -0.1) is 0 Å². The maximum absolute atomic E-state index is 13.2. The maximum atomic E-state index is 13.2. The molecule has 0 fully saturated rings. The normalized spacial score (nSPS) is 18.2. The fourth-order valence-electron chi connectivity index (χ4n) is 2.15. The van der Waals surface area contributed by atoms with E-state index in [0.717, 1.165) is 17.7 Å². The Morgan fingerprint density at radius 1 is 1.42 bits per heavy atom. The molecule has 3 nitrogen and oxygen atoms in total. The molecule has 0 amide bonds. The number of fused-ring (bicyclic) bond motifs is 1. The van der Waals surface area contributed by atoms with Gasteiger partial charge in [0.1, 0.15) is 11.6 Å². The number of benzene rings is 1. The number of aliphatic hydroxyl groups excluding tert-OH is 1. The second-order valence-corrected chi connectivity index (χ2v) is 5.45. The molecule has 2 aliphatic rings. The largest absolute Gasteiger partial charge is 0.422 e. The van der Waals surface area contributed by atoms with Crippen LogP contribution in [0, 0.1) is 5.82 Å². The molecule has 1 aliphatic carbocycles. The third-order valence-corrected chi connectivity index (χ3v) is 4.28. The zero-order valence-corrected chi connectivity index (χ0v) is 10.8. The van der Waals surface area contributed by atoms with E-state index >= 15 is 0 Å². The predicted octanol–water partition coefficient (Wildman–Crippen LogP) is 3.01. The third kappa shape index (κ3) is 2.19. The number of carbonyl (C=O) groups is 1. The first kappa shape index (κ1) is 12.4. The topological polar surface area (TPSA) is 46.5 Å². The number of hydrogen-bond acceptors (Lipinski definition) is 4. The van der Waals surface area contributed by atoms with Gasteiger partial charge in [0.2, 0.25) is 0 Å². The molecule has 1 N–H and O–H groups in total. The maximum Gasteiger partial charge on any atom is 0.344 e. The van der Waals surface area contributed by atoms with Gasteiger partial charge in [-0.1, -0.05) is 17.8 Å². The highest BCUT2D eigenvalue weighted by molar-refractivity contribution is 8.03. The lowest BCUT2D eigenvalue weighted by molar-refractivity contribution is 0.0622. The molecule has 1 aromatic carbocycles. The minimum Gasteiger partial charge on any atom is -0.422 e. The Morgan fingerprint density at radius 3 is 3.05 bits per heavy atom. The minimum atomic E-state index is -0.576. The highest BCUT2D eigenvalue weighted by Crippen LogP contribution is 2.42. The highest BCUT2D eigenvalue weighted by Gasteiger charge is 2.27. The number of ether oxygens (including phenoxy) is 1. The number of carbonyl (C=O) groups excluding carboxylic acids is 1. The molecule has 1 aliphatic heterocycles. The van der Waals surface area contributed by atoms with Crippen molar-refractivity contribution in [2.24, 2.45) is 0 Å². The zero-order chi connectivity index (χ0) is 13.4. The van der Waals surface area contributed by atoms with Crippen LogP contribution in [0.4, 0.5) is 4.39 Å². The van der Waals surface area contributed by atoms with Gasteiger partial charge in [-0.25, -0.2) is 9.18 Å². The number of allylic oxidation sites excluding steroid dienone is 2. The quantitative estimate of drug-likeness (QED) is 0.802. The molecule has 5 heteroatoms. The van der Waals surface area contributed by atoms with Crippen LogP contribution in [-0.2, 0) is 4.74 Å². The van der Waals surface area contributed by atoms with Crippen LogP contribution in [0.3, 0.4) is 0 Å². The van der Waals surface area contributed by atoms with Crippen LogP contribution in [0.15, 0.2) is 45.4 Å². The summed E-state index contributed by atoms with van der Waals surface area (Å²) in [5.74, 6) is -0.609. The summed E-state index contributed by atoms with van der Waals surface area (Å²) in [6.45, 7) is -0.169. The van der Waals surface area contributed by atoms with E-state index in [2.05, 4.69) is 0 Å². The first-order valence-corrected chi connectivity index (χ1v) is 6.73. The fourth-order valence-corrected chi connectivity index (χ4v) is 3.29. The molecule has 1 heterocycles. The lowest BCUT2D eigenvalue weighted by Crippen LogP contribution is -2.10. The summed E-state index contributed by atoms with van der Waals surface area (Å²) in [6, 6.07) is 4.10. The van der Waals surface area contributed by atoms with E-state index in [4.69, 9.17) is 4.74 Å². The Morgan fingerprint density at radius 2 is 2.26 bits per heavy atom. The van der Waals surface area contributed by atoms with Gasteiger partial charge in [0.15, 0.2) is 0 Å². The van der Waals surface area contributed by atoms with Crippen molar-refractivity contribution in [3.05, 3.63) is 51.9 Å². The zero-order valence-electron chi connectivity index (χ0n) is 9.98. The summed E-state index contributed by atoms with van der Waals surface area (Å²) in [5, 5.41) is 9.31. The number of hydrogen-bond donors (Lipinski definition) is 1. The molecule has 0 spiro atoms. The molecule has 19 heavy (non-hydrogen) atoms. The van der Waals surface area contributed by atoms with Gasteiger partial charge in [0, 0.05) is 15.4 Å². The van der Waals surface area contributed by atoms with E-state index < -0.39 is 11.8 Å². The number of rotatable bonds is 1. The van der Waals surface area contributed by atoms with E-state index in [-0.39, 0.29) is 12.2 Å². The van der Waals surface area contributed by atoms with Gasteiger partial charge in [-0.3, -0.25) is 0 Å². The van der Waals surface area contributed by atoms with E-state index in [1.807, 2.05) is 6.08 Å². The Bertz CT molecular complexity index is 619. The van der Waals surface area contributed by atoms with Gasteiger partial charge >= 0.3 is 5.97 Å². The lowest BCUT2D eigenvalue weighted by Gasteiger charge is -2.17. The van der Waals surface area contributed by atoms with Crippen molar-refractivity contribution in [3.8, 4) is 0 Å². The second kappa shape index (κ2) is 4.83. The van der Waals surface area contributed by atoms with Gasteiger partial charge in [0.25, 0.3) is 0 Å². The van der Waals surface area contributed by atoms with Crippen molar-refractivity contribution in [1.82, 2.24) is 0 Å². The van der Waals surface area contributed by atoms with Crippen LogP contribution in [0.25, 0.3) is 0 Å². The average molecular weight is 278 g/mol. The summed E-state index contributed by atoms with van der Waals surface area (Å²) in [7, 11) is 0. The molecule has 0 bridgehead atoms. The monoisotopic (exact) mass is 278 g/mol. The lowest BCUT2D eigenvalue weighted by atomic mass is 10.1. The molecule has 0 atom stereocenters. The molecule has 1 aromatic rings. The van der Waals surface area contributed by atoms with Crippen molar-refractivity contribution in [2.75, 3.05) is 6.61 Å². The van der Waals surface area contributed by atoms with E-state index in [1.54, 1.807) is 6.07 Å². The number of halogens is 1. The van der Waals surface area contributed by atoms with Gasteiger partial charge < -0.3 is 9.84 Å². The molecule has 98 valence electrons. The third-order valence-electron chi connectivity index (χ3n) is 3.07. The Labute approximate surface area is 113 Å². The van der Waals surface area contributed by atoms with E-state index in [9.17, 15) is 14.3 Å². The summed E-state index contributed by atoms with van der Waals surface area (Å²) < 4.78 is 18.6. The molecule has 0 aromatic heterocycles. The van der Waals surface area contributed by atoms with Crippen LogP contribution in [0.1, 0.15) is 23.2 Å². The number of esters is 1. The Hall–Kier alpha value is -1.59. The summed E-state index contributed by atoms with van der Waals surface area (Å²) in [4.78, 5) is 13.6. The predicted molar refractivity (Wildman–Crippen MR) is 69.1 cm³/mol. The molecule has 3 rings (SSSR count). The van der Waals surface area contributed by atoms with Crippen LogP contribution < -0.4 is 0 Å². The first-order chi connectivity index (χ1) is 9.19. The van der Waals surface area contributed by atoms with Crippen LogP contribution in [0.5, 0.6) is 0 Å². The molecular formula is C14H11FO3S. The van der Waals surface area contributed by atoms with Crippen molar-refractivity contribution in [1.29, 1.82) is 0 Å². The fraction of sp³-hybridized carbons (Fsp3) is 0.214. The van der Waals surface area contributed by atoms with Crippen LogP contribution >= 0.6 is 11.8 Å². The number of aliphatic hydroxyl groups is 1. The summed E-state index contributed by atoms with van der Waals surface area (Å²) >= 11 is 1.41. The highest BCUT2D eigenvalue weighted by atomic mass is 32.2. The molecular weight excluding hydrogens is 267 g/mol. The van der Waals surface area contributed by atoms with E-state index in [0.29, 0.717) is 16.2 Å². The van der Waals surface area contributed by atoms with Crippen molar-refractivity contribution in [2.45, 2.75) is 17.7 Å². The SMILES string of the molecule is O=C1OC2=C(CCC=C2CO)Sc2ccc(F)cc21. The standard InChI is InChI=1S/C14H11FO3S/c15-9-4-5-11-10(6-9)14(17)18-13-8(7-16)2-1-3-12(13)19-11/h2,4-6,16H,1,3,7H2. The summed E-state index contributed by atoms with van der Waals surface area (Å²) in [6.07, 6.45) is 3.42. The van der Waals surface area contributed by atoms with Gasteiger partial charge in [-0.2, -0.15) is 0 Å². The van der Waals surface area contributed by atoms with Crippen LogP contribution in [-0.4, -0.2) is 17.7 Å². The average Bonchev–Trinajstić information content (AvgIpc) is 2.55. The number of thioether (sulfide) groups is 1. The van der Waals surface area contributed by atoms with Crippen molar-refractivity contribution < 1.29 is 19.0 Å². The Kier molecular flexibility index (Phi) is 3.16. The second-order valence-electron chi connectivity index (χ2n) is 4.31. The van der Waals surface area contributed by atoms with Gasteiger partial charge in [-0.05, 0) is 31.0 Å². The minimum absolute atomic E-state index is 0.169. The smallest absolute Gasteiger partial charge is 0.344 e. The molecule has 0 radical (unpaired) electrons. The Balaban J connectivity index is 2.08. The van der Waals surface area contributed by atoms with Gasteiger partial charge in [0.05, 0.1) is 12.2 Å².